The first-order valence-electron chi connectivity index (χ1n) is 10.5. The molecule has 0 bridgehead atoms. The molecule has 0 radical (unpaired) electrons. The van der Waals surface area contributed by atoms with Gasteiger partial charge < -0.3 is 24.7 Å². The van der Waals surface area contributed by atoms with Gasteiger partial charge in [-0.1, -0.05) is 12.1 Å². The van der Waals surface area contributed by atoms with Crippen LogP contribution < -0.4 is 4.74 Å². The quantitative estimate of drug-likeness (QED) is 0.321. The largest absolute Gasteiger partial charge is 0.478 e. The normalized spacial score (nSPS) is 15.0. The number of carbonyl (C=O) groups excluding carboxylic acids is 1. The Morgan fingerprint density at radius 3 is 2.37 bits per heavy atom. The summed E-state index contributed by atoms with van der Waals surface area (Å²) in [5, 5.41) is 26.4. The average molecular weight is 486 g/mol. The molecule has 1 aromatic heterocycles. The van der Waals surface area contributed by atoms with E-state index in [2.05, 4.69) is 9.88 Å². The Kier molecular flexibility index (Phi) is 9.84. The van der Waals surface area contributed by atoms with Crippen LogP contribution in [0.15, 0.2) is 54.7 Å². The fourth-order valence-electron chi connectivity index (χ4n) is 3.12. The molecule has 3 rings (SSSR count). The molecule has 0 saturated carbocycles. The van der Waals surface area contributed by atoms with E-state index in [9.17, 15) is 24.5 Å². The summed E-state index contributed by atoms with van der Waals surface area (Å²) in [7, 11) is 3.98. The lowest BCUT2D eigenvalue weighted by molar-refractivity contribution is -0.384. The third-order valence-corrected chi connectivity index (χ3v) is 4.78. The Balaban J connectivity index is 0.000000466. The molecule has 12 heteroatoms. The van der Waals surface area contributed by atoms with E-state index in [0.29, 0.717) is 36.7 Å². The first-order valence-corrected chi connectivity index (χ1v) is 10.5. The lowest BCUT2D eigenvalue weighted by Gasteiger charge is -2.25. The fraction of sp³-hybridized carbons (Fsp3) is 0.304. The molecule has 2 heterocycles. The molecule has 12 nitrogen and oxygen atoms in total. The van der Waals surface area contributed by atoms with Gasteiger partial charge >= 0.3 is 11.9 Å². The van der Waals surface area contributed by atoms with E-state index < -0.39 is 16.9 Å². The van der Waals surface area contributed by atoms with Crippen LogP contribution in [0.1, 0.15) is 22.3 Å². The van der Waals surface area contributed by atoms with Gasteiger partial charge in [-0.2, -0.15) is 0 Å². The van der Waals surface area contributed by atoms with Crippen LogP contribution in [0.4, 0.5) is 5.69 Å². The summed E-state index contributed by atoms with van der Waals surface area (Å²) in [6.07, 6.45) is 3.31. The van der Waals surface area contributed by atoms with Crippen LogP contribution in [0.3, 0.4) is 0 Å². The van der Waals surface area contributed by atoms with Crippen molar-refractivity contribution in [3.8, 4) is 5.88 Å². The van der Waals surface area contributed by atoms with Crippen molar-refractivity contribution in [2.45, 2.75) is 19.1 Å². The van der Waals surface area contributed by atoms with E-state index in [-0.39, 0.29) is 17.7 Å². The summed E-state index contributed by atoms with van der Waals surface area (Å²) in [5.74, 6) is -2.30. The number of carboxylic acid groups (broad SMARTS) is 2. The Bertz CT molecular complexity index is 1070. The minimum atomic E-state index is -1.26. The second-order valence-electron chi connectivity index (χ2n) is 7.81. The van der Waals surface area contributed by atoms with Crippen molar-refractivity contribution in [3.05, 3.63) is 76.0 Å². The highest BCUT2D eigenvalue weighted by Crippen LogP contribution is 2.25. The number of benzene rings is 1. The zero-order chi connectivity index (χ0) is 26.0. The average Bonchev–Trinajstić information content (AvgIpc) is 2.94. The number of nitro benzene ring substituents is 1. The van der Waals surface area contributed by atoms with Crippen LogP contribution in [-0.4, -0.2) is 81.1 Å². The van der Waals surface area contributed by atoms with E-state index in [1.165, 1.54) is 12.1 Å². The number of hydrogen-bond acceptors (Lipinski definition) is 8. The van der Waals surface area contributed by atoms with Crippen molar-refractivity contribution >= 4 is 23.5 Å². The molecule has 1 aliphatic rings. The molecule has 0 saturated heterocycles. The van der Waals surface area contributed by atoms with E-state index in [4.69, 9.17) is 14.9 Å². The summed E-state index contributed by atoms with van der Waals surface area (Å²) in [5.41, 5.74) is 1.29. The van der Waals surface area contributed by atoms with Gasteiger partial charge in [-0.15, -0.1) is 0 Å². The van der Waals surface area contributed by atoms with Gasteiger partial charge in [0.2, 0.25) is 5.88 Å². The maximum atomic E-state index is 13.0. The molecule has 0 aliphatic carbocycles. The van der Waals surface area contributed by atoms with Crippen LogP contribution in [0.25, 0.3) is 0 Å². The predicted octanol–water partition coefficient (Wildman–Crippen LogP) is 2.06. The number of nitrogens with zero attached hydrogens (tertiary/aromatic N) is 4. The fourth-order valence-corrected chi connectivity index (χ4v) is 3.12. The number of non-ortho nitro benzene ring substituents is 1. The monoisotopic (exact) mass is 486 g/mol. The molecule has 1 aromatic carbocycles. The molecule has 1 atom stereocenters. The SMILES string of the molecule is CN(C)CCC1CN(Cc2ccc([N+](=O)[O-])cc2)C(=O)c2cccnc2O1.O=C(O)/C=C/C(=O)O. The van der Waals surface area contributed by atoms with Crippen molar-refractivity contribution in [2.75, 3.05) is 27.2 Å². The molecule has 1 unspecified atom stereocenters. The van der Waals surface area contributed by atoms with Gasteiger partial charge in [0, 0.05) is 43.6 Å². The van der Waals surface area contributed by atoms with Crippen LogP contribution in [0.2, 0.25) is 0 Å². The molecule has 1 amide bonds. The van der Waals surface area contributed by atoms with Gasteiger partial charge in [0.15, 0.2) is 0 Å². The molecule has 186 valence electrons. The van der Waals surface area contributed by atoms with Crippen molar-refractivity contribution < 1.29 is 34.3 Å². The zero-order valence-corrected chi connectivity index (χ0v) is 19.2. The highest BCUT2D eigenvalue weighted by atomic mass is 16.6. The molecule has 1 aliphatic heterocycles. The van der Waals surface area contributed by atoms with Gasteiger partial charge in [0.05, 0.1) is 11.5 Å². The van der Waals surface area contributed by atoms with Crippen molar-refractivity contribution in [2.24, 2.45) is 0 Å². The summed E-state index contributed by atoms with van der Waals surface area (Å²) < 4.78 is 6.01. The number of fused-ring (bicyclic) bond motifs is 1. The number of aliphatic carboxylic acids is 2. The number of rotatable bonds is 8. The molecule has 2 N–H and O–H groups in total. The van der Waals surface area contributed by atoms with Crippen LogP contribution in [-0.2, 0) is 16.1 Å². The molecular formula is C23H26N4O8. The maximum absolute atomic E-state index is 13.0. The lowest BCUT2D eigenvalue weighted by atomic mass is 10.1. The smallest absolute Gasteiger partial charge is 0.328 e. The second-order valence-corrected chi connectivity index (χ2v) is 7.81. The zero-order valence-electron chi connectivity index (χ0n) is 19.2. The minimum Gasteiger partial charge on any atom is -0.478 e. The Morgan fingerprint density at radius 1 is 1.20 bits per heavy atom. The predicted molar refractivity (Wildman–Crippen MR) is 124 cm³/mol. The number of nitro groups is 1. The minimum absolute atomic E-state index is 0.0303. The molecular weight excluding hydrogens is 460 g/mol. The van der Waals surface area contributed by atoms with Crippen molar-refractivity contribution in [1.29, 1.82) is 0 Å². The molecule has 35 heavy (non-hydrogen) atoms. The third kappa shape index (κ3) is 8.85. The van der Waals surface area contributed by atoms with Gasteiger partial charge in [0.25, 0.3) is 11.6 Å². The highest BCUT2D eigenvalue weighted by molar-refractivity contribution is 5.96. The topological polar surface area (TPSA) is 163 Å². The van der Waals surface area contributed by atoms with E-state index in [1.807, 2.05) is 14.1 Å². The number of ether oxygens (including phenoxy) is 1. The van der Waals surface area contributed by atoms with E-state index >= 15 is 0 Å². The summed E-state index contributed by atoms with van der Waals surface area (Å²) in [6.45, 7) is 1.61. The van der Waals surface area contributed by atoms with E-state index in [1.54, 1.807) is 35.4 Å². The number of carbonyl (C=O) groups is 3. The Hall–Kier alpha value is -4.32. The number of pyridine rings is 1. The number of aromatic nitrogens is 1. The second kappa shape index (κ2) is 12.8. The third-order valence-electron chi connectivity index (χ3n) is 4.78. The first kappa shape index (κ1) is 26.9. The van der Waals surface area contributed by atoms with Crippen LogP contribution >= 0.6 is 0 Å². The van der Waals surface area contributed by atoms with Crippen LogP contribution in [0, 0.1) is 10.1 Å². The van der Waals surface area contributed by atoms with Gasteiger partial charge in [-0.3, -0.25) is 14.9 Å². The van der Waals surface area contributed by atoms with Crippen molar-refractivity contribution in [3.63, 3.8) is 0 Å². The number of carboxylic acids is 2. The lowest BCUT2D eigenvalue weighted by Crippen LogP contribution is -2.37. The molecule has 0 spiro atoms. The highest BCUT2D eigenvalue weighted by Gasteiger charge is 2.29. The standard InChI is InChI=1S/C19H22N4O4.C4H4O4/c1-21(2)11-9-16-13-22(12-14-5-7-15(8-6-14)23(25)26)19(24)17-4-3-10-20-18(17)27-16;5-3(6)1-2-4(7)8/h3-8,10,16H,9,11-13H2,1-2H3;1-2H,(H,5,6)(H,7,8)/b;2-1+. The summed E-state index contributed by atoms with van der Waals surface area (Å²) in [4.78, 5) is 50.5. The van der Waals surface area contributed by atoms with Gasteiger partial charge in [0.1, 0.15) is 11.7 Å². The molecule has 0 fully saturated rings. The Morgan fingerprint density at radius 2 is 1.83 bits per heavy atom. The van der Waals surface area contributed by atoms with E-state index in [0.717, 1.165) is 18.5 Å². The maximum Gasteiger partial charge on any atom is 0.328 e. The number of amides is 1. The summed E-state index contributed by atoms with van der Waals surface area (Å²) in [6, 6.07) is 9.68. The summed E-state index contributed by atoms with van der Waals surface area (Å²) >= 11 is 0. The van der Waals surface area contributed by atoms with Gasteiger partial charge in [-0.05, 0) is 38.2 Å². The first-order chi connectivity index (χ1) is 16.6. The van der Waals surface area contributed by atoms with Gasteiger partial charge in [-0.25, -0.2) is 14.6 Å². The molecule has 2 aromatic rings. The van der Waals surface area contributed by atoms with Crippen molar-refractivity contribution in [1.82, 2.24) is 14.8 Å². The number of hydrogen-bond donors (Lipinski definition) is 2. The Labute approximate surface area is 201 Å². The van der Waals surface area contributed by atoms with Crippen LogP contribution in [0.5, 0.6) is 5.88 Å².